The lowest BCUT2D eigenvalue weighted by atomic mass is 10.1. The molecule has 2 aromatic carbocycles. The van der Waals surface area contributed by atoms with Gasteiger partial charge >= 0.3 is 0 Å². The van der Waals surface area contributed by atoms with E-state index in [1.807, 2.05) is 0 Å². The van der Waals surface area contributed by atoms with Crippen molar-refractivity contribution in [2.75, 3.05) is 5.32 Å². The Labute approximate surface area is 120 Å². The third-order valence-electron chi connectivity index (χ3n) is 2.59. The van der Waals surface area contributed by atoms with Gasteiger partial charge in [0, 0.05) is 6.54 Å². The Bertz CT molecular complexity index is 650. The fourth-order valence-corrected chi connectivity index (χ4v) is 1.97. The molecule has 2 nitrogen and oxygen atoms in total. The first-order chi connectivity index (χ1) is 9.11. The molecule has 0 radical (unpaired) electrons. The zero-order chi connectivity index (χ0) is 13.8. The van der Waals surface area contributed by atoms with Crippen LogP contribution in [0.4, 0.5) is 10.1 Å². The van der Waals surface area contributed by atoms with Gasteiger partial charge in [-0.2, -0.15) is 5.26 Å². The number of nitrogens with zero attached hydrogens (tertiary/aromatic N) is 1. The molecule has 1 N–H and O–H groups in total. The molecule has 0 aromatic heterocycles. The highest BCUT2D eigenvalue weighted by Gasteiger charge is 2.05. The molecule has 0 spiro atoms. The first-order valence-corrected chi connectivity index (χ1v) is 6.24. The van der Waals surface area contributed by atoms with E-state index in [0.717, 1.165) is 5.56 Å². The van der Waals surface area contributed by atoms with Crippen molar-refractivity contribution in [3.63, 3.8) is 0 Å². The molecule has 5 heteroatoms. The molecule has 96 valence electrons. The van der Waals surface area contributed by atoms with Gasteiger partial charge in [0.15, 0.2) is 0 Å². The Morgan fingerprint density at radius 2 is 2.00 bits per heavy atom. The van der Waals surface area contributed by atoms with E-state index in [1.165, 1.54) is 12.1 Å². The van der Waals surface area contributed by atoms with Gasteiger partial charge in [0.05, 0.1) is 21.3 Å². The molecule has 0 unspecified atom stereocenters. The van der Waals surface area contributed by atoms with Crippen LogP contribution < -0.4 is 5.32 Å². The maximum absolute atomic E-state index is 13.2. The number of benzene rings is 2. The Kier molecular flexibility index (Phi) is 4.26. The summed E-state index contributed by atoms with van der Waals surface area (Å²) in [5, 5.41) is 12.8. The second kappa shape index (κ2) is 5.92. The minimum Gasteiger partial charge on any atom is -0.380 e. The van der Waals surface area contributed by atoms with Crippen molar-refractivity contribution in [2.45, 2.75) is 6.54 Å². The molecule has 0 bridgehead atoms. The highest BCUT2D eigenvalue weighted by molar-refractivity contribution is 6.43. The number of nitrogens with one attached hydrogen (secondary N) is 1. The van der Waals surface area contributed by atoms with Crippen molar-refractivity contribution in [3.8, 4) is 6.07 Å². The van der Waals surface area contributed by atoms with Gasteiger partial charge in [-0.15, -0.1) is 0 Å². The van der Waals surface area contributed by atoms with Gasteiger partial charge in [-0.1, -0.05) is 35.3 Å². The molecule has 0 aliphatic heterocycles. The van der Waals surface area contributed by atoms with E-state index in [1.54, 1.807) is 30.3 Å². The van der Waals surface area contributed by atoms with E-state index in [9.17, 15) is 4.39 Å². The van der Waals surface area contributed by atoms with Crippen molar-refractivity contribution in [1.29, 1.82) is 5.26 Å². The average molecular weight is 295 g/mol. The van der Waals surface area contributed by atoms with Crippen LogP contribution in [-0.2, 0) is 6.54 Å². The molecule has 0 heterocycles. The van der Waals surface area contributed by atoms with Crippen molar-refractivity contribution in [1.82, 2.24) is 0 Å². The second-order valence-corrected chi connectivity index (χ2v) is 4.67. The predicted octanol–water partition coefficient (Wildman–Crippen LogP) is 4.62. The summed E-state index contributed by atoms with van der Waals surface area (Å²) in [5.74, 6) is -0.521. The van der Waals surface area contributed by atoms with E-state index >= 15 is 0 Å². The van der Waals surface area contributed by atoms with E-state index in [2.05, 4.69) is 5.32 Å². The minimum absolute atomic E-state index is 0.0245. The van der Waals surface area contributed by atoms with E-state index < -0.39 is 5.82 Å². The quantitative estimate of drug-likeness (QED) is 0.897. The molecule has 0 aliphatic carbocycles. The second-order valence-electron chi connectivity index (χ2n) is 3.88. The molecule has 0 saturated heterocycles. The number of halogens is 3. The van der Waals surface area contributed by atoms with Gasteiger partial charge < -0.3 is 5.32 Å². The summed E-state index contributed by atoms with van der Waals surface area (Å²) in [7, 11) is 0. The first-order valence-electron chi connectivity index (χ1n) is 5.48. The fourth-order valence-electron chi connectivity index (χ4n) is 1.61. The monoisotopic (exact) mass is 294 g/mol. The average Bonchev–Trinajstić information content (AvgIpc) is 2.42. The lowest BCUT2D eigenvalue weighted by molar-refractivity contribution is 0.623. The maximum atomic E-state index is 13.2. The third-order valence-corrected chi connectivity index (χ3v) is 3.40. The van der Waals surface area contributed by atoms with Crippen LogP contribution in [0.5, 0.6) is 0 Å². The Morgan fingerprint density at radius 3 is 2.74 bits per heavy atom. The van der Waals surface area contributed by atoms with Crippen LogP contribution >= 0.6 is 23.2 Å². The van der Waals surface area contributed by atoms with Crippen LogP contribution in [-0.4, -0.2) is 0 Å². The maximum Gasteiger partial charge on any atom is 0.140 e. The smallest absolute Gasteiger partial charge is 0.140 e. The number of rotatable bonds is 3. The lowest BCUT2D eigenvalue weighted by Gasteiger charge is -2.09. The molecular weight excluding hydrogens is 286 g/mol. The van der Waals surface area contributed by atoms with Crippen molar-refractivity contribution < 1.29 is 4.39 Å². The van der Waals surface area contributed by atoms with Gasteiger partial charge in [-0.05, 0) is 29.8 Å². The zero-order valence-corrected chi connectivity index (χ0v) is 11.3. The summed E-state index contributed by atoms with van der Waals surface area (Å²) in [4.78, 5) is 0. The summed E-state index contributed by atoms with van der Waals surface area (Å²) in [6, 6.07) is 11.5. The van der Waals surface area contributed by atoms with Crippen LogP contribution in [0.3, 0.4) is 0 Å². The van der Waals surface area contributed by atoms with Crippen LogP contribution in [0.1, 0.15) is 11.1 Å². The zero-order valence-electron chi connectivity index (χ0n) is 9.75. The van der Waals surface area contributed by atoms with Gasteiger partial charge in [-0.25, -0.2) is 4.39 Å². The summed E-state index contributed by atoms with van der Waals surface area (Å²) >= 11 is 11.9. The van der Waals surface area contributed by atoms with Gasteiger partial charge in [-0.3, -0.25) is 0 Å². The molecule has 0 atom stereocenters. The minimum atomic E-state index is -0.521. The first kappa shape index (κ1) is 13.7. The number of anilines is 1. The Hall–Kier alpha value is -1.76. The molecule has 0 fully saturated rings. The van der Waals surface area contributed by atoms with Crippen molar-refractivity contribution in [3.05, 3.63) is 63.4 Å². The Balaban J connectivity index is 2.15. The highest BCUT2D eigenvalue weighted by Crippen LogP contribution is 2.29. The lowest BCUT2D eigenvalue weighted by Crippen LogP contribution is -2.01. The van der Waals surface area contributed by atoms with Crippen LogP contribution in [0, 0.1) is 17.1 Å². The van der Waals surface area contributed by atoms with E-state index in [4.69, 9.17) is 28.5 Å². The molecular formula is C14H9Cl2FN2. The summed E-state index contributed by atoms with van der Waals surface area (Å²) in [6.45, 7) is 0.426. The third kappa shape index (κ3) is 3.17. The largest absolute Gasteiger partial charge is 0.380 e. The molecule has 19 heavy (non-hydrogen) atoms. The fraction of sp³-hybridized carbons (Fsp3) is 0.0714. The van der Waals surface area contributed by atoms with Gasteiger partial charge in [0.1, 0.15) is 11.9 Å². The number of nitriles is 1. The predicted molar refractivity (Wildman–Crippen MR) is 74.9 cm³/mol. The summed E-state index contributed by atoms with van der Waals surface area (Å²) in [6.07, 6.45) is 0. The Morgan fingerprint density at radius 1 is 1.21 bits per heavy atom. The molecule has 0 aliphatic rings. The van der Waals surface area contributed by atoms with Gasteiger partial charge in [0.25, 0.3) is 0 Å². The topological polar surface area (TPSA) is 35.8 Å². The van der Waals surface area contributed by atoms with Crippen LogP contribution in [0.15, 0.2) is 36.4 Å². The molecule has 2 aromatic rings. The van der Waals surface area contributed by atoms with Crippen molar-refractivity contribution >= 4 is 28.9 Å². The standard InChI is InChI=1S/C14H9Cl2FN2/c15-11-2-1-3-13(14(11)16)19-8-9-4-5-12(17)10(6-9)7-18/h1-6,19H,8H2. The molecule has 0 saturated carbocycles. The highest BCUT2D eigenvalue weighted by atomic mass is 35.5. The van der Waals surface area contributed by atoms with E-state index in [-0.39, 0.29) is 5.56 Å². The molecule has 0 amide bonds. The SMILES string of the molecule is N#Cc1cc(CNc2cccc(Cl)c2Cl)ccc1F. The number of hydrogen-bond donors (Lipinski definition) is 1. The van der Waals surface area contributed by atoms with Crippen LogP contribution in [0.25, 0.3) is 0 Å². The summed E-state index contributed by atoms with van der Waals surface area (Å²) in [5.41, 5.74) is 1.50. The normalized spacial score (nSPS) is 10.0. The van der Waals surface area contributed by atoms with Crippen LogP contribution in [0.2, 0.25) is 10.0 Å². The van der Waals surface area contributed by atoms with Gasteiger partial charge in [0.2, 0.25) is 0 Å². The van der Waals surface area contributed by atoms with E-state index in [0.29, 0.717) is 22.3 Å². The van der Waals surface area contributed by atoms with Crippen molar-refractivity contribution in [2.24, 2.45) is 0 Å². The molecule has 2 rings (SSSR count). The number of hydrogen-bond acceptors (Lipinski definition) is 2. The summed E-state index contributed by atoms with van der Waals surface area (Å²) < 4.78 is 13.2.